The first-order valence-corrected chi connectivity index (χ1v) is 7.69. The van der Waals surface area contributed by atoms with Crippen molar-refractivity contribution >= 4 is 16.0 Å². The lowest BCUT2D eigenvalue weighted by Gasteiger charge is -2.26. The Balaban J connectivity index is 2.42. The highest BCUT2D eigenvalue weighted by atomic mass is 32.2. The Morgan fingerprint density at radius 2 is 1.79 bits per heavy atom. The van der Waals surface area contributed by atoms with Gasteiger partial charge in [-0.2, -0.15) is 4.31 Å². The van der Waals surface area contributed by atoms with Gasteiger partial charge in [-0.25, -0.2) is 13.2 Å². The molecule has 104 valence electrons. The van der Waals surface area contributed by atoms with E-state index in [1.807, 2.05) is 0 Å². The molecule has 0 aliphatic carbocycles. The molecule has 0 aromatic heterocycles. The monoisotopic (exact) mass is 283 g/mol. The summed E-state index contributed by atoms with van der Waals surface area (Å²) in [6, 6.07) is 6.17. The van der Waals surface area contributed by atoms with E-state index in [1.165, 1.54) is 23.5 Å². The van der Waals surface area contributed by atoms with Crippen LogP contribution in [0.25, 0.3) is 0 Å². The second-order valence-electron chi connectivity index (χ2n) is 4.45. The van der Waals surface area contributed by atoms with E-state index in [-0.39, 0.29) is 10.5 Å². The summed E-state index contributed by atoms with van der Waals surface area (Å²) in [5, 5.41) is 0. The Labute approximate surface area is 113 Å². The van der Waals surface area contributed by atoms with Gasteiger partial charge in [0.05, 0.1) is 17.6 Å². The maximum atomic E-state index is 12.5. The van der Waals surface area contributed by atoms with Crippen molar-refractivity contribution in [2.24, 2.45) is 0 Å². The topological polar surface area (TPSA) is 63.7 Å². The summed E-state index contributed by atoms with van der Waals surface area (Å²) in [5.41, 5.74) is 0.0931. The van der Waals surface area contributed by atoms with Crippen LogP contribution in [0.1, 0.15) is 29.6 Å². The van der Waals surface area contributed by atoms with Gasteiger partial charge in [-0.05, 0) is 25.0 Å². The number of benzene rings is 1. The van der Waals surface area contributed by atoms with Gasteiger partial charge in [-0.1, -0.05) is 18.6 Å². The average molecular weight is 283 g/mol. The lowest BCUT2D eigenvalue weighted by atomic mass is 10.2. The third kappa shape index (κ3) is 2.79. The fourth-order valence-electron chi connectivity index (χ4n) is 2.21. The molecule has 19 heavy (non-hydrogen) atoms. The van der Waals surface area contributed by atoms with Crippen molar-refractivity contribution in [3.05, 3.63) is 29.8 Å². The number of rotatable bonds is 3. The molecule has 0 atom stereocenters. The van der Waals surface area contributed by atoms with Crippen molar-refractivity contribution in [2.75, 3.05) is 20.2 Å². The van der Waals surface area contributed by atoms with Crippen LogP contribution in [-0.2, 0) is 14.8 Å². The minimum absolute atomic E-state index is 0.0313. The van der Waals surface area contributed by atoms with Crippen molar-refractivity contribution in [3.63, 3.8) is 0 Å². The van der Waals surface area contributed by atoms with Crippen LogP contribution in [0.2, 0.25) is 0 Å². The molecule has 1 aromatic rings. The van der Waals surface area contributed by atoms with Crippen molar-refractivity contribution in [1.82, 2.24) is 4.31 Å². The molecular weight excluding hydrogens is 266 g/mol. The maximum absolute atomic E-state index is 12.5. The van der Waals surface area contributed by atoms with Gasteiger partial charge < -0.3 is 4.74 Å². The standard InChI is InChI=1S/C13H17NO4S/c1-18-13(15)11-7-3-4-8-12(11)19(16,17)14-9-5-2-6-10-14/h3-4,7-8H,2,5-6,9-10H2,1H3. The average Bonchev–Trinajstić information content (AvgIpc) is 2.47. The molecule has 0 saturated carbocycles. The van der Waals surface area contributed by atoms with Crippen LogP contribution in [-0.4, -0.2) is 38.9 Å². The van der Waals surface area contributed by atoms with E-state index in [1.54, 1.807) is 12.1 Å². The van der Waals surface area contributed by atoms with Crippen LogP contribution < -0.4 is 0 Å². The van der Waals surface area contributed by atoms with Crippen LogP contribution in [0.4, 0.5) is 0 Å². The number of hydrogen-bond donors (Lipinski definition) is 0. The predicted octanol–water partition coefficient (Wildman–Crippen LogP) is 1.65. The molecule has 0 radical (unpaired) electrons. The highest BCUT2D eigenvalue weighted by molar-refractivity contribution is 7.89. The third-order valence-corrected chi connectivity index (χ3v) is 5.18. The van der Waals surface area contributed by atoms with E-state index in [2.05, 4.69) is 4.74 Å². The van der Waals surface area contributed by atoms with Gasteiger partial charge in [-0.15, -0.1) is 0 Å². The fourth-order valence-corrected chi connectivity index (χ4v) is 3.91. The second kappa shape index (κ2) is 5.71. The molecule has 2 rings (SSSR count). The Kier molecular flexibility index (Phi) is 4.21. The van der Waals surface area contributed by atoms with Crippen LogP contribution >= 0.6 is 0 Å². The molecule has 0 amide bonds. The first kappa shape index (κ1) is 14.0. The summed E-state index contributed by atoms with van der Waals surface area (Å²) in [7, 11) is -2.37. The van der Waals surface area contributed by atoms with Crippen molar-refractivity contribution in [3.8, 4) is 0 Å². The van der Waals surface area contributed by atoms with Gasteiger partial charge in [0.25, 0.3) is 0 Å². The molecule has 5 nitrogen and oxygen atoms in total. The molecule has 6 heteroatoms. The number of hydrogen-bond acceptors (Lipinski definition) is 4. The third-order valence-electron chi connectivity index (χ3n) is 3.23. The van der Waals surface area contributed by atoms with Crippen LogP contribution in [0.5, 0.6) is 0 Å². The molecule has 1 heterocycles. The molecule has 1 aliphatic rings. The zero-order valence-electron chi connectivity index (χ0n) is 10.8. The number of esters is 1. The first-order chi connectivity index (χ1) is 9.07. The summed E-state index contributed by atoms with van der Waals surface area (Å²) in [5.74, 6) is -0.629. The van der Waals surface area contributed by atoms with Crippen molar-refractivity contribution < 1.29 is 17.9 Å². The van der Waals surface area contributed by atoms with E-state index in [0.29, 0.717) is 13.1 Å². The highest BCUT2D eigenvalue weighted by Crippen LogP contribution is 2.23. The summed E-state index contributed by atoms with van der Waals surface area (Å²) >= 11 is 0. The van der Waals surface area contributed by atoms with Gasteiger partial charge in [0.15, 0.2) is 0 Å². The normalized spacial score (nSPS) is 17.1. The van der Waals surface area contributed by atoms with Crippen molar-refractivity contribution in [2.45, 2.75) is 24.2 Å². The Bertz CT molecular complexity index is 562. The molecule has 0 spiro atoms. The number of ether oxygens (including phenoxy) is 1. The molecule has 1 aromatic carbocycles. The zero-order valence-corrected chi connectivity index (χ0v) is 11.6. The minimum Gasteiger partial charge on any atom is -0.465 e. The van der Waals surface area contributed by atoms with E-state index in [0.717, 1.165) is 19.3 Å². The zero-order chi connectivity index (χ0) is 13.9. The number of methoxy groups -OCH3 is 1. The summed E-state index contributed by atoms with van der Waals surface area (Å²) < 4.78 is 31.2. The smallest absolute Gasteiger partial charge is 0.339 e. The largest absolute Gasteiger partial charge is 0.465 e. The number of carbonyl (C=O) groups is 1. The minimum atomic E-state index is -3.62. The van der Waals surface area contributed by atoms with E-state index in [4.69, 9.17) is 0 Å². The van der Waals surface area contributed by atoms with E-state index in [9.17, 15) is 13.2 Å². The lowest BCUT2D eigenvalue weighted by Crippen LogP contribution is -2.36. The summed E-state index contributed by atoms with van der Waals surface area (Å²) in [4.78, 5) is 11.7. The molecular formula is C13H17NO4S. The Morgan fingerprint density at radius 1 is 1.16 bits per heavy atom. The number of nitrogens with zero attached hydrogens (tertiary/aromatic N) is 1. The first-order valence-electron chi connectivity index (χ1n) is 6.25. The second-order valence-corrected chi connectivity index (χ2v) is 6.36. The molecule has 0 unspecified atom stereocenters. The van der Waals surface area contributed by atoms with E-state index < -0.39 is 16.0 Å². The SMILES string of the molecule is COC(=O)c1ccccc1S(=O)(=O)N1CCCCC1. The van der Waals surface area contributed by atoms with Gasteiger partial charge in [-0.3, -0.25) is 0 Å². The molecule has 1 fully saturated rings. The number of piperidine rings is 1. The van der Waals surface area contributed by atoms with Gasteiger partial charge >= 0.3 is 5.97 Å². The van der Waals surface area contributed by atoms with Crippen LogP contribution in [0, 0.1) is 0 Å². The number of sulfonamides is 1. The van der Waals surface area contributed by atoms with Crippen LogP contribution in [0.3, 0.4) is 0 Å². The molecule has 0 N–H and O–H groups in total. The lowest BCUT2D eigenvalue weighted by molar-refractivity contribution is 0.0596. The fraction of sp³-hybridized carbons (Fsp3) is 0.462. The molecule has 1 aliphatic heterocycles. The van der Waals surface area contributed by atoms with Gasteiger partial charge in [0, 0.05) is 13.1 Å². The van der Waals surface area contributed by atoms with E-state index >= 15 is 0 Å². The van der Waals surface area contributed by atoms with Gasteiger partial charge in [0.1, 0.15) is 0 Å². The molecule has 0 bridgehead atoms. The maximum Gasteiger partial charge on any atom is 0.339 e. The summed E-state index contributed by atoms with van der Waals surface area (Å²) in [6.45, 7) is 1.02. The quantitative estimate of drug-likeness (QED) is 0.791. The Morgan fingerprint density at radius 3 is 2.42 bits per heavy atom. The summed E-state index contributed by atoms with van der Waals surface area (Å²) in [6.07, 6.45) is 2.77. The highest BCUT2D eigenvalue weighted by Gasteiger charge is 2.29. The predicted molar refractivity (Wildman–Crippen MR) is 70.4 cm³/mol. The van der Waals surface area contributed by atoms with Crippen molar-refractivity contribution in [1.29, 1.82) is 0 Å². The van der Waals surface area contributed by atoms with Gasteiger partial charge in [0.2, 0.25) is 10.0 Å². The molecule has 1 saturated heterocycles. The Hall–Kier alpha value is -1.40. The number of carbonyl (C=O) groups excluding carboxylic acids is 1. The van der Waals surface area contributed by atoms with Crippen LogP contribution in [0.15, 0.2) is 29.2 Å².